The Morgan fingerprint density at radius 2 is 1.45 bits per heavy atom. The summed E-state index contributed by atoms with van der Waals surface area (Å²) in [7, 11) is 3.17. The zero-order valence-electron chi connectivity index (χ0n) is 17.7. The normalized spacial score (nSPS) is 10.2. The maximum atomic E-state index is 12.8. The fraction of sp³-hybridized carbons (Fsp3) is 0.409. The van der Waals surface area contributed by atoms with E-state index in [0.29, 0.717) is 60.7 Å². The number of hydrogen-bond donors (Lipinski definition) is 1. The molecule has 0 saturated carbocycles. The Kier molecular flexibility index (Phi) is 8.45. The van der Waals surface area contributed by atoms with Gasteiger partial charge in [-0.3, -0.25) is 4.79 Å². The molecular formula is C22H29NO6. The lowest BCUT2D eigenvalue weighted by Gasteiger charge is -2.17. The average Bonchev–Trinajstić information content (AvgIpc) is 2.74. The number of ether oxygens (including phenoxy) is 5. The van der Waals surface area contributed by atoms with Crippen molar-refractivity contribution < 1.29 is 28.5 Å². The lowest BCUT2D eigenvalue weighted by molar-refractivity contribution is 0.0949. The molecule has 0 spiro atoms. The monoisotopic (exact) mass is 403 g/mol. The van der Waals surface area contributed by atoms with Crippen LogP contribution in [0.15, 0.2) is 30.3 Å². The quantitative estimate of drug-likeness (QED) is 0.615. The van der Waals surface area contributed by atoms with Gasteiger partial charge in [0, 0.05) is 23.7 Å². The molecule has 0 unspecified atom stereocenters. The van der Waals surface area contributed by atoms with Crippen molar-refractivity contribution in [2.24, 2.45) is 0 Å². The minimum atomic E-state index is -0.257. The number of carbonyl (C=O) groups excluding carboxylic acids is 1. The summed E-state index contributed by atoms with van der Waals surface area (Å²) in [5, 5.41) is 2.91. The van der Waals surface area contributed by atoms with E-state index in [1.165, 1.54) is 0 Å². The molecule has 158 valence electrons. The molecule has 0 aliphatic rings. The molecule has 7 heteroatoms. The summed E-state index contributed by atoms with van der Waals surface area (Å²) in [5.41, 5.74) is 1.26. The summed E-state index contributed by atoms with van der Waals surface area (Å²) in [6.45, 7) is 7.28. The molecule has 7 nitrogen and oxygen atoms in total. The highest BCUT2D eigenvalue weighted by Gasteiger charge is 2.18. The van der Waals surface area contributed by atoms with Gasteiger partial charge in [-0.05, 0) is 45.0 Å². The van der Waals surface area contributed by atoms with Gasteiger partial charge < -0.3 is 29.0 Å². The first-order valence-corrected chi connectivity index (χ1v) is 9.63. The third kappa shape index (κ3) is 5.70. The summed E-state index contributed by atoms with van der Waals surface area (Å²) >= 11 is 0. The van der Waals surface area contributed by atoms with Crippen LogP contribution in [0, 0.1) is 0 Å². The SMILES string of the molecule is CCOc1cc(C(=O)NCc2ccc(OC)cc2OC)cc(OCC)c1OCC. The van der Waals surface area contributed by atoms with Crippen LogP contribution >= 0.6 is 0 Å². The molecule has 29 heavy (non-hydrogen) atoms. The van der Waals surface area contributed by atoms with Gasteiger partial charge in [0.25, 0.3) is 5.91 Å². The van der Waals surface area contributed by atoms with Crippen LogP contribution in [0.5, 0.6) is 28.7 Å². The second-order valence-corrected chi connectivity index (χ2v) is 5.96. The predicted octanol–water partition coefficient (Wildman–Crippen LogP) is 3.83. The third-order valence-corrected chi connectivity index (χ3v) is 4.10. The summed E-state index contributed by atoms with van der Waals surface area (Å²) in [6, 6.07) is 8.78. The lowest BCUT2D eigenvalue weighted by atomic mass is 10.1. The van der Waals surface area contributed by atoms with Gasteiger partial charge in [0.15, 0.2) is 11.5 Å². The molecule has 0 saturated heterocycles. The van der Waals surface area contributed by atoms with Crippen LogP contribution in [0.1, 0.15) is 36.7 Å². The average molecular weight is 403 g/mol. The summed E-state index contributed by atoms with van der Waals surface area (Å²) in [4.78, 5) is 12.8. The molecule has 0 bridgehead atoms. The largest absolute Gasteiger partial charge is 0.497 e. The molecule has 0 atom stereocenters. The van der Waals surface area contributed by atoms with Gasteiger partial charge in [-0.15, -0.1) is 0 Å². The van der Waals surface area contributed by atoms with Crippen molar-refractivity contribution in [2.75, 3.05) is 34.0 Å². The van der Waals surface area contributed by atoms with E-state index in [1.807, 2.05) is 32.9 Å². The molecule has 2 rings (SSSR count). The minimum Gasteiger partial charge on any atom is -0.497 e. The van der Waals surface area contributed by atoms with Crippen LogP contribution in [0.4, 0.5) is 0 Å². The zero-order valence-corrected chi connectivity index (χ0v) is 17.7. The Morgan fingerprint density at radius 3 is 1.97 bits per heavy atom. The molecule has 0 aliphatic heterocycles. The van der Waals surface area contributed by atoms with Crippen LogP contribution in [0.25, 0.3) is 0 Å². The predicted molar refractivity (Wildman–Crippen MR) is 111 cm³/mol. The standard InChI is InChI=1S/C22H29NO6/c1-6-27-19-11-16(12-20(28-7-2)21(19)29-8-3)22(24)23-14-15-9-10-17(25-4)13-18(15)26-5/h9-13H,6-8,14H2,1-5H3,(H,23,24). The van der Waals surface area contributed by atoms with E-state index in [2.05, 4.69) is 5.32 Å². The summed E-state index contributed by atoms with van der Waals surface area (Å²) in [6.07, 6.45) is 0. The summed E-state index contributed by atoms with van der Waals surface area (Å²) in [5.74, 6) is 2.53. The molecule has 0 aromatic heterocycles. The van der Waals surface area contributed by atoms with Gasteiger partial charge in [-0.2, -0.15) is 0 Å². The first-order chi connectivity index (χ1) is 14.1. The molecule has 2 aromatic rings. The van der Waals surface area contributed by atoms with Crippen LogP contribution in [0.3, 0.4) is 0 Å². The first-order valence-electron chi connectivity index (χ1n) is 9.63. The Morgan fingerprint density at radius 1 is 0.828 bits per heavy atom. The van der Waals surface area contributed by atoms with Gasteiger partial charge in [0.1, 0.15) is 11.5 Å². The fourth-order valence-electron chi connectivity index (χ4n) is 2.80. The van der Waals surface area contributed by atoms with E-state index in [-0.39, 0.29) is 5.91 Å². The highest BCUT2D eigenvalue weighted by atomic mass is 16.5. The summed E-state index contributed by atoms with van der Waals surface area (Å²) < 4.78 is 27.6. The van der Waals surface area contributed by atoms with E-state index in [4.69, 9.17) is 23.7 Å². The molecule has 0 fully saturated rings. The van der Waals surface area contributed by atoms with E-state index in [1.54, 1.807) is 32.4 Å². The molecule has 0 radical (unpaired) electrons. The van der Waals surface area contributed by atoms with Crippen molar-refractivity contribution >= 4 is 5.91 Å². The van der Waals surface area contributed by atoms with Gasteiger partial charge >= 0.3 is 0 Å². The fourth-order valence-corrected chi connectivity index (χ4v) is 2.80. The lowest BCUT2D eigenvalue weighted by Crippen LogP contribution is -2.23. The molecule has 2 aromatic carbocycles. The van der Waals surface area contributed by atoms with E-state index in [9.17, 15) is 4.79 Å². The van der Waals surface area contributed by atoms with Gasteiger partial charge in [0.05, 0.1) is 34.0 Å². The first kappa shape index (κ1) is 22.2. The highest BCUT2D eigenvalue weighted by molar-refractivity contribution is 5.95. The Bertz CT molecular complexity index is 794. The van der Waals surface area contributed by atoms with Crippen molar-refractivity contribution in [3.05, 3.63) is 41.5 Å². The van der Waals surface area contributed by atoms with E-state index in [0.717, 1.165) is 5.56 Å². The minimum absolute atomic E-state index is 0.257. The Hall–Kier alpha value is -3.09. The van der Waals surface area contributed by atoms with E-state index < -0.39 is 0 Å². The number of rotatable bonds is 11. The number of nitrogens with one attached hydrogen (secondary N) is 1. The van der Waals surface area contributed by atoms with Gasteiger partial charge in [-0.1, -0.05) is 0 Å². The molecule has 1 N–H and O–H groups in total. The second kappa shape index (κ2) is 11.0. The Labute approximate surface area is 171 Å². The number of methoxy groups -OCH3 is 2. The molecule has 0 heterocycles. The zero-order chi connectivity index (χ0) is 21.2. The van der Waals surface area contributed by atoms with Crippen LogP contribution < -0.4 is 29.0 Å². The smallest absolute Gasteiger partial charge is 0.251 e. The van der Waals surface area contributed by atoms with Crippen molar-refractivity contribution in [3.63, 3.8) is 0 Å². The number of amides is 1. The van der Waals surface area contributed by atoms with Gasteiger partial charge in [0.2, 0.25) is 5.75 Å². The topological polar surface area (TPSA) is 75.3 Å². The highest BCUT2D eigenvalue weighted by Crippen LogP contribution is 2.39. The maximum absolute atomic E-state index is 12.8. The molecular weight excluding hydrogens is 374 g/mol. The molecule has 1 amide bonds. The third-order valence-electron chi connectivity index (χ3n) is 4.10. The van der Waals surface area contributed by atoms with Crippen LogP contribution in [-0.4, -0.2) is 39.9 Å². The van der Waals surface area contributed by atoms with Crippen molar-refractivity contribution in [1.82, 2.24) is 5.32 Å². The Balaban J connectivity index is 2.25. The van der Waals surface area contributed by atoms with Crippen LogP contribution in [0.2, 0.25) is 0 Å². The second-order valence-electron chi connectivity index (χ2n) is 5.96. The van der Waals surface area contributed by atoms with Gasteiger partial charge in [-0.25, -0.2) is 0 Å². The van der Waals surface area contributed by atoms with Crippen molar-refractivity contribution in [1.29, 1.82) is 0 Å². The van der Waals surface area contributed by atoms with Crippen molar-refractivity contribution in [2.45, 2.75) is 27.3 Å². The van der Waals surface area contributed by atoms with Crippen LogP contribution in [-0.2, 0) is 6.54 Å². The molecule has 0 aliphatic carbocycles. The number of benzene rings is 2. The number of carbonyl (C=O) groups is 1. The van der Waals surface area contributed by atoms with E-state index >= 15 is 0 Å². The van der Waals surface area contributed by atoms with Crippen molar-refractivity contribution in [3.8, 4) is 28.7 Å². The number of hydrogen-bond acceptors (Lipinski definition) is 6. The maximum Gasteiger partial charge on any atom is 0.251 e.